The zero-order valence-electron chi connectivity index (χ0n) is 12.9. The number of carbonyl (C=O) groups is 1. The van der Waals surface area contributed by atoms with Gasteiger partial charge in [0.25, 0.3) is 0 Å². The summed E-state index contributed by atoms with van der Waals surface area (Å²) in [6.45, 7) is 9.15. The first-order valence-corrected chi connectivity index (χ1v) is 7.45. The van der Waals surface area contributed by atoms with E-state index in [9.17, 15) is 4.79 Å². The first-order valence-electron chi connectivity index (χ1n) is 7.45. The summed E-state index contributed by atoms with van der Waals surface area (Å²) >= 11 is 0. The minimum absolute atomic E-state index is 0.0628. The summed E-state index contributed by atoms with van der Waals surface area (Å²) in [5.74, 6) is 0.0628. The molecule has 0 fully saturated rings. The van der Waals surface area contributed by atoms with Gasteiger partial charge in [-0.25, -0.2) is 0 Å². The number of benzene rings is 1. The van der Waals surface area contributed by atoms with Gasteiger partial charge in [-0.2, -0.15) is 0 Å². The summed E-state index contributed by atoms with van der Waals surface area (Å²) in [6, 6.07) is 5.54. The van der Waals surface area contributed by atoms with Crippen molar-refractivity contribution >= 4 is 17.3 Å². The molecule has 0 saturated carbocycles. The Balaban J connectivity index is 2.43. The molecule has 1 aromatic carbocycles. The molecular formula is C16H27N3O. The lowest BCUT2D eigenvalue weighted by molar-refractivity contribution is -0.116. The van der Waals surface area contributed by atoms with Crippen LogP contribution in [0.3, 0.4) is 0 Å². The first-order chi connectivity index (χ1) is 9.56. The van der Waals surface area contributed by atoms with Gasteiger partial charge in [0.05, 0.1) is 0 Å². The molecule has 0 aliphatic rings. The Morgan fingerprint density at radius 1 is 1.30 bits per heavy atom. The van der Waals surface area contributed by atoms with Gasteiger partial charge in [0, 0.05) is 24.3 Å². The van der Waals surface area contributed by atoms with E-state index in [1.54, 1.807) is 0 Å². The molecule has 4 heteroatoms. The SMILES string of the molecule is CCCCN(CC)CCC(=O)Nc1ccc(N)cc1C. The fourth-order valence-corrected chi connectivity index (χ4v) is 2.11. The Kier molecular flexibility index (Phi) is 7.09. The number of amides is 1. The van der Waals surface area contributed by atoms with Crippen LogP contribution < -0.4 is 11.1 Å². The summed E-state index contributed by atoms with van der Waals surface area (Å²) < 4.78 is 0. The predicted molar refractivity (Wildman–Crippen MR) is 85.9 cm³/mol. The molecule has 0 aromatic heterocycles. The number of aryl methyl sites for hydroxylation is 1. The van der Waals surface area contributed by atoms with Gasteiger partial charge in [0.2, 0.25) is 5.91 Å². The van der Waals surface area contributed by atoms with Crippen molar-refractivity contribution in [3.8, 4) is 0 Å². The summed E-state index contributed by atoms with van der Waals surface area (Å²) in [4.78, 5) is 14.3. The molecule has 1 amide bonds. The average Bonchev–Trinajstić information content (AvgIpc) is 2.42. The third-order valence-corrected chi connectivity index (χ3v) is 3.45. The molecule has 0 heterocycles. The van der Waals surface area contributed by atoms with Crippen molar-refractivity contribution in [2.24, 2.45) is 0 Å². The summed E-state index contributed by atoms with van der Waals surface area (Å²) in [5, 5.41) is 2.95. The van der Waals surface area contributed by atoms with Crippen LogP contribution in [-0.2, 0) is 4.79 Å². The molecule has 0 bridgehead atoms. The van der Waals surface area contributed by atoms with Crippen LogP contribution >= 0.6 is 0 Å². The van der Waals surface area contributed by atoms with Crippen LogP contribution in [-0.4, -0.2) is 30.4 Å². The van der Waals surface area contributed by atoms with E-state index in [2.05, 4.69) is 24.1 Å². The standard InChI is InChI=1S/C16H27N3O/c1-4-6-10-19(5-2)11-9-16(20)18-15-8-7-14(17)12-13(15)3/h7-8,12H,4-6,9-11,17H2,1-3H3,(H,18,20). The summed E-state index contributed by atoms with van der Waals surface area (Å²) in [6.07, 6.45) is 2.90. The monoisotopic (exact) mass is 277 g/mol. The van der Waals surface area contributed by atoms with Crippen molar-refractivity contribution in [1.29, 1.82) is 0 Å². The van der Waals surface area contributed by atoms with Crippen molar-refractivity contribution in [3.05, 3.63) is 23.8 Å². The molecule has 0 spiro atoms. The number of hydrogen-bond donors (Lipinski definition) is 2. The lowest BCUT2D eigenvalue weighted by Gasteiger charge is -2.19. The predicted octanol–water partition coefficient (Wildman–Crippen LogP) is 3.03. The summed E-state index contributed by atoms with van der Waals surface area (Å²) in [7, 11) is 0. The van der Waals surface area contributed by atoms with Crippen molar-refractivity contribution in [3.63, 3.8) is 0 Å². The maximum Gasteiger partial charge on any atom is 0.225 e. The molecule has 20 heavy (non-hydrogen) atoms. The highest BCUT2D eigenvalue weighted by Gasteiger charge is 2.08. The van der Waals surface area contributed by atoms with Crippen LogP contribution in [0.25, 0.3) is 0 Å². The highest BCUT2D eigenvalue weighted by Crippen LogP contribution is 2.17. The highest BCUT2D eigenvalue weighted by atomic mass is 16.1. The van der Waals surface area contributed by atoms with E-state index in [-0.39, 0.29) is 5.91 Å². The quantitative estimate of drug-likeness (QED) is 0.718. The molecule has 0 saturated heterocycles. The van der Waals surface area contributed by atoms with E-state index in [1.807, 2.05) is 25.1 Å². The fourth-order valence-electron chi connectivity index (χ4n) is 2.11. The van der Waals surface area contributed by atoms with Crippen LogP contribution in [0.5, 0.6) is 0 Å². The molecule has 0 unspecified atom stereocenters. The van der Waals surface area contributed by atoms with E-state index in [0.717, 1.165) is 36.6 Å². The van der Waals surface area contributed by atoms with Crippen LogP contribution in [0.4, 0.5) is 11.4 Å². The number of unbranched alkanes of at least 4 members (excludes halogenated alkanes) is 1. The normalized spacial score (nSPS) is 10.8. The molecule has 112 valence electrons. The third kappa shape index (κ3) is 5.61. The van der Waals surface area contributed by atoms with Crippen LogP contribution in [0, 0.1) is 6.92 Å². The van der Waals surface area contributed by atoms with Gasteiger partial charge < -0.3 is 16.0 Å². The molecule has 0 aliphatic carbocycles. The number of hydrogen-bond acceptors (Lipinski definition) is 3. The lowest BCUT2D eigenvalue weighted by Crippen LogP contribution is -2.28. The molecular weight excluding hydrogens is 250 g/mol. The lowest BCUT2D eigenvalue weighted by atomic mass is 10.1. The smallest absolute Gasteiger partial charge is 0.225 e. The Hall–Kier alpha value is -1.55. The maximum absolute atomic E-state index is 12.0. The first kappa shape index (κ1) is 16.5. The van der Waals surface area contributed by atoms with E-state index >= 15 is 0 Å². The van der Waals surface area contributed by atoms with E-state index < -0.39 is 0 Å². The Morgan fingerprint density at radius 3 is 2.65 bits per heavy atom. The van der Waals surface area contributed by atoms with Crippen molar-refractivity contribution in [2.75, 3.05) is 30.7 Å². The second kappa shape index (κ2) is 8.59. The molecule has 0 atom stereocenters. The molecule has 0 aliphatic heterocycles. The second-order valence-electron chi connectivity index (χ2n) is 5.16. The number of nitrogen functional groups attached to an aromatic ring is 1. The number of nitrogens with two attached hydrogens (primary N) is 1. The van der Waals surface area contributed by atoms with Crippen molar-refractivity contribution in [1.82, 2.24) is 4.90 Å². The number of carbonyl (C=O) groups excluding carboxylic acids is 1. The average molecular weight is 277 g/mol. The van der Waals surface area contributed by atoms with Crippen LogP contribution in [0.2, 0.25) is 0 Å². The fraction of sp³-hybridized carbons (Fsp3) is 0.562. The molecule has 3 N–H and O–H groups in total. The molecule has 1 rings (SSSR count). The van der Waals surface area contributed by atoms with Gasteiger partial charge in [-0.05, 0) is 50.2 Å². The number of nitrogens with one attached hydrogen (secondary N) is 1. The third-order valence-electron chi connectivity index (χ3n) is 3.45. The zero-order chi connectivity index (χ0) is 15.0. The molecule has 1 aromatic rings. The zero-order valence-corrected chi connectivity index (χ0v) is 12.9. The molecule has 0 radical (unpaired) electrons. The maximum atomic E-state index is 12.0. The van der Waals surface area contributed by atoms with Crippen molar-refractivity contribution < 1.29 is 4.79 Å². The van der Waals surface area contributed by atoms with Gasteiger partial charge in [-0.15, -0.1) is 0 Å². The number of rotatable bonds is 8. The van der Waals surface area contributed by atoms with Crippen LogP contribution in [0.1, 0.15) is 38.7 Å². The van der Waals surface area contributed by atoms with Gasteiger partial charge >= 0.3 is 0 Å². The minimum atomic E-state index is 0.0628. The van der Waals surface area contributed by atoms with Gasteiger partial charge in [-0.1, -0.05) is 20.3 Å². The molecule has 4 nitrogen and oxygen atoms in total. The largest absolute Gasteiger partial charge is 0.399 e. The minimum Gasteiger partial charge on any atom is -0.399 e. The summed E-state index contributed by atoms with van der Waals surface area (Å²) in [5.41, 5.74) is 8.27. The van der Waals surface area contributed by atoms with Crippen LogP contribution in [0.15, 0.2) is 18.2 Å². The van der Waals surface area contributed by atoms with E-state index in [0.29, 0.717) is 6.42 Å². The second-order valence-corrected chi connectivity index (χ2v) is 5.16. The van der Waals surface area contributed by atoms with Gasteiger partial charge in [0.1, 0.15) is 0 Å². The van der Waals surface area contributed by atoms with E-state index in [4.69, 9.17) is 5.73 Å². The highest BCUT2D eigenvalue weighted by molar-refractivity contribution is 5.91. The topological polar surface area (TPSA) is 58.4 Å². The number of anilines is 2. The van der Waals surface area contributed by atoms with Gasteiger partial charge in [-0.3, -0.25) is 4.79 Å². The van der Waals surface area contributed by atoms with E-state index in [1.165, 1.54) is 12.8 Å². The van der Waals surface area contributed by atoms with Crippen molar-refractivity contribution in [2.45, 2.75) is 40.0 Å². The Bertz CT molecular complexity index is 432. The Morgan fingerprint density at radius 2 is 2.05 bits per heavy atom. The van der Waals surface area contributed by atoms with Gasteiger partial charge in [0.15, 0.2) is 0 Å². The Labute approximate surface area is 122 Å². The number of nitrogens with zero attached hydrogens (tertiary/aromatic N) is 1.